The van der Waals surface area contributed by atoms with Gasteiger partial charge in [0.2, 0.25) is 0 Å². The zero-order chi connectivity index (χ0) is 13.1. The Morgan fingerprint density at radius 2 is 2.22 bits per heavy atom. The molecule has 2 aliphatic rings. The van der Waals surface area contributed by atoms with Gasteiger partial charge in [-0.05, 0) is 41.8 Å². The van der Waals surface area contributed by atoms with Gasteiger partial charge in [-0.3, -0.25) is 4.79 Å². The van der Waals surface area contributed by atoms with Crippen molar-refractivity contribution in [3.8, 4) is 0 Å². The molecule has 1 aromatic heterocycles. The fourth-order valence-electron chi connectivity index (χ4n) is 3.91. The van der Waals surface area contributed by atoms with Crippen molar-refractivity contribution in [2.75, 3.05) is 13.1 Å². The van der Waals surface area contributed by atoms with Gasteiger partial charge in [-0.1, -0.05) is 20.8 Å². The van der Waals surface area contributed by atoms with E-state index in [-0.39, 0.29) is 16.7 Å². The molecule has 2 fully saturated rings. The average molecular weight is 263 g/mol. The number of piperidine rings is 1. The summed E-state index contributed by atoms with van der Waals surface area (Å²) in [6, 6.07) is 2.05. The van der Waals surface area contributed by atoms with Crippen LogP contribution in [0, 0.1) is 29.6 Å². The van der Waals surface area contributed by atoms with Gasteiger partial charge in [-0.2, -0.15) is 0 Å². The van der Waals surface area contributed by atoms with Gasteiger partial charge in [-0.25, -0.2) is 0 Å². The zero-order valence-corrected chi connectivity index (χ0v) is 12.4. The van der Waals surface area contributed by atoms with E-state index < -0.39 is 0 Å². The molecule has 3 heteroatoms. The predicted octanol–water partition coefficient (Wildman–Crippen LogP) is 3.12. The molecule has 18 heavy (non-hydrogen) atoms. The SMILES string of the molecule is Cc1csc(C(=O)[C@@H]2[C@@H]3CNC[C@@]23C(C)(C)C)c1. The molecule has 0 radical (unpaired) electrons. The van der Waals surface area contributed by atoms with Crippen LogP contribution in [0.5, 0.6) is 0 Å². The summed E-state index contributed by atoms with van der Waals surface area (Å²) in [7, 11) is 0. The van der Waals surface area contributed by atoms with Crippen LogP contribution in [0.15, 0.2) is 11.4 Å². The number of rotatable bonds is 2. The minimum absolute atomic E-state index is 0.196. The minimum atomic E-state index is 0.196. The Kier molecular flexibility index (Phi) is 2.52. The summed E-state index contributed by atoms with van der Waals surface area (Å²) in [5.41, 5.74) is 1.60. The Bertz CT molecular complexity index is 499. The fraction of sp³-hybridized carbons (Fsp3) is 0.667. The molecule has 1 aliphatic heterocycles. The first-order valence-corrected chi connectivity index (χ1v) is 7.56. The molecule has 1 aromatic rings. The molecule has 1 N–H and O–H groups in total. The highest BCUT2D eigenvalue weighted by Crippen LogP contribution is 2.70. The van der Waals surface area contributed by atoms with Crippen molar-refractivity contribution >= 4 is 17.1 Å². The first-order valence-electron chi connectivity index (χ1n) is 6.68. The molecule has 0 amide bonds. The summed E-state index contributed by atoms with van der Waals surface area (Å²) in [5, 5.41) is 5.54. The van der Waals surface area contributed by atoms with Crippen LogP contribution in [0.4, 0.5) is 0 Å². The summed E-state index contributed by atoms with van der Waals surface area (Å²) < 4.78 is 0. The first kappa shape index (κ1) is 12.4. The maximum Gasteiger partial charge on any atom is 0.176 e. The molecule has 3 rings (SSSR count). The third kappa shape index (κ3) is 1.47. The second-order valence-electron chi connectivity index (χ2n) is 6.86. The van der Waals surface area contributed by atoms with E-state index in [0.717, 1.165) is 18.0 Å². The normalized spacial score (nSPS) is 34.4. The van der Waals surface area contributed by atoms with Crippen molar-refractivity contribution in [1.82, 2.24) is 5.32 Å². The highest BCUT2D eigenvalue weighted by molar-refractivity contribution is 7.12. The summed E-state index contributed by atoms with van der Waals surface area (Å²) in [6.45, 7) is 10.9. The van der Waals surface area contributed by atoms with Crippen molar-refractivity contribution in [3.05, 3.63) is 21.9 Å². The third-order valence-corrected chi connectivity index (χ3v) is 6.01. The van der Waals surface area contributed by atoms with Crippen LogP contribution in [0.2, 0.25) is 0 Å². The topological polar surface area (TPSA) is 29.1 Å². The first-order chi connectivity index (χ1) is 8.38. The van der Waals surface area contributed by atoms with Crippen LogP contribution in [-0.2, 0) is 0 Å². The van der Waals surface area contributed by atoms with E-state index in [2.05, 4.69) is 38.4 Å². The van der Waals surface area contributed by atoms with Crippen molar-refractivity contribution in [2.45, 2.75) is 27.7 Å². The Hall–Kier alpha value is -0.670. The number of thiophene rings is 1. The van der Waals surface area contributed by atoms with Gasteiger partial charge in [0.05, 0.1) is 4.88 Å². The van der Waals surface area contributed by atoms with Crippen LogP contribution in [-0.4, -0.2) is 18.9 Å². The van der Waals surface area contributed by atoms with E-state index in [1.807, 2.05) is 6.07 Å². The number of aryl methyl sites for hydroxylation is 1. The highest BCUT2D eigenvalue weighted by Gasteiger charge is 2.73. The van der Waals surface area contributed by atoms with Crippen LogP contribution in [0.25, 0.3) is 0 Å². The summed E-state index contributed by atoms with van der Waals surface area (Å²) >= 11 is 1.60. The van der Waals surface area contributed by atoms with E-state index in [4.69, 9.17) is 0 Å². The number of hydrogen-bond donors (Lipinski definition) is 1. The highest BCUT2D eigenvalue weighted by atomic mass is 32.1. The molecule has 0 unspecified atom stereocenters. The van der Waals surface area contributed by atoms with E-state index in [9.17, 15) is 4.79 Å². The average Bonchev–Trinajstić information content (AvgIpc) is 2.67. The van der Waals surface area contributed by atoms with Gasteiger partial charge < -0.3 is 5.32 Å². The standard InChI is InChI=1S/C15H21NOS/c1-9-5-11(18-7-9)13(17)12-10-6-16-8-15(10,12)14(2,3)4/h5,7,10,12,16H,6,8H2,1-4H3/t10-,12-,15-/m0/s1. The fourth-order valence-corrected chi connectivity index (χ4v) is 4.79. The van der Waals surface area contributed by atoms with Gasteiger partial charge in [-0.15, -0.1) is 11.3 Å². The Balaban J connectivity index is 1.90. The Morgan fingerprint density at radius 1 is 1.50 bits per heavy atom. The van der Waals surface area contributed by atoms with Crippen LogP contribution < -0.4 is 5.32 Å². The maximum absolute atomic E-state index is 12.7. The smallest absolute Gasteiger partial charge is 0.176 e. The molecule has 0 bridgehead atoms. The lowest BCUT2D eigenvalue weighted by atomic mass is 9.75. The maximum atomic E-state index is 12.7. The van der Waals surface area contributed by atoms with Crippen molar-refractivity contribution < 1.29 is 4.79 Å². The lowest BCUT2D eigenvalue weighted by Gasteiger charge is -2.30. The van der Waals surface area contributed by atoms with E-state index in [1.54, 1.807) is 11.3 Å². The van der Waals surface area contributed by atoms with Crippen molar-refractivity contribution in [1.29, 1.82) is 0 Å². The largest absolute Gasteiger partial charge is 0.316 e. The van der Waals surface area contributed by atoms with Gasteiger partial charge >= 0.3 is 0 Å². The van der Waals surface area contributed by atoms with Crippen molar-refractivity contribution in [3.63, 3.8) is 0 Å². The number of fused-ring (bicyclic) bond motifs is 1. The zero-order valence-electron chi connectivity index (χ0n) is 11.5. The number of nitrogens with one attached hydrogen (secondary N) is 1. The molecule has 2 nitrogen and oxygen atoms in total. The van der Waals surface area contributed by atoms with Gasteiger partial charge in [0.25, 0.3) is 0 Å². The molecule has 1 saturated heterocycles. The van der Waals surface area contributed by atoms with Crippen LogP contribution >= 0.6 is 11.3 Å². The number of ketones is 1. The van der Waals surface area contributed by atoms with E-state index >= 15 is 0 Å². The molecule has 3 atom stereocenters. The lowest BCUT2D eigenvalue weighted by molar-refractivity contribution is 0.0907. The van der Waals surface area contributed by atoms with Gasteiger partial charge in [0, 0.05) is 17.9 Å². The molecule has 0 aromatic carbocycles. The molecule has 0 spiro atoms. The second-order valence-corrected chi connectivity index (χ2v) is 7.77. The van der Waals surface area contributed by atoms with Crippen LogP contribution in [0.1, 0.15) is 36.0 Å². The molecule has 1 aliphatic carbocycles. The second kappa shape index (κ2) is 3.67. The number of Topliss-reactive ketones (excluding diaryl/α,β-unsaturated/α-hetero) is 1. The molecule has 2 heterocycles. The van der Waals surface area contributed by atoms with E-state index in [0.29, 0.717) is 11.7 Å². The number of carbonyl (C=O) groups excluding carboxylic acids is 1. The summed E-state index contributed by atoms with van der Waals surface area (Å²) in [6.07, 6.45) is 0. The van der Waals surface area contributed by atoms with Crippen LogP contribution in [0.3, 0.4) is 0 Å². The predicted molar refractivity (Wildman–Crippen MR) is 75.1 cm³/mol. The number of hydrogen-bond acceptors (Lipinski definition) is 3. The molecular weight excluding hydrogens is 242 g/mol. The van der Waals surface area contributed by atoms with E-state index in [1.165, 1.54) is 5.56 Å². The molecule has 1 saturated carbocycles. The summed E-state index contributed by atoms with van der Waals surface area (Å²) in [4.78, 5) is 13.6. The molecule has 98 valence electrons. The monoisotopic (exact) mass is 263 g/mol. The Labute approximate surface area is 113 Å². The minimum Gasteiger partial charge on any atom is -0.316 e. The molecular formula is C15H21NOS. The lowest BCUT2D eigenvalue weighted by Crippen LogP contribution is -2.33. The Morgan fingerprint density at radius 3 is 2.72 bits per heavy atom. The van der Waals surface area contributed by atoms with Crippen molar-refractivity contribution in [2.24, 2.45) is 22.7 Å². The third-order valence-electron chi connectivity index (χ3n) is 4.94. The summed E-state index contributed by atoms with van der Waals surface area (Å²) in [5.74, 6) is 1.18. The quantitative estimate of drug-likeness (QED) is 0.831. The number of carbonyl (C=O) groups is 1. The van der Waals surface area contributed by atoms with Gasteiger partial charge in [0.1, 0.15) is 0 Å². The van der Waals surface area contributed by atoms with Gasteiger partial charge in [0.15, 0.2) is 5.78 Å².